The van der Waals surface area contributed by atoms with Gasteiger partial charge in [0.2, 0.25) is 21.8 Å². The van der Waals surface area contributed by atoms with E-state index in [1.54, 1.807) is 19.1 Å². The smallest absolute Gasteiger partial charge is 0.244 e. The van der Waals surface area contributed by atoms with Crippen LogP contribution in [0.4, 0.5) is 5.69 Å². The second-order valence-corrected chi connectivity index (χ2v) is 11.0. The molecule has 0 bridgehead atoms. The van der Waals surface area contributed by atoms with Gasteiger partial charge in [0.15, 0.2) is 0 Å². The minimum Gasteiger partial charge on any atom is -0.497 e. The Hall–Kier alpha value is -3.27. The molecular formula is C26H37N3O6S. The number of carbonyl (C=O) groups is 2. The highest BCUT2D eigenvalue weighted by atomic mass is 32.2. The third-order valence-corrected chi connectivity index (χ3v) is 6.79. The number of hydrogen-bond donors (Lipinski definition) is 1. The first-order valence-corrected chi connectivity index (χ1v) is 13.5. The predicted octanol–water partition coefficient (Wildman–Crippen LogP) is 2.97. The van der Waals surface area contributed by atoms with E-state index in [2.05, 4.69) is 5.32 Å². The molecule has 0 aliphatic carbocycles. The molecule has 2 amide bonds. The van der Waals surface area contributed by atoms with Crippen LogP contribution in [0.5, 0.6) is 11.5 Å². The Labute approximate surface area is 214 Å². The zero-order valence-electron chi connectivity index (χ0n) is 22.1. The van der Waals surface area contributed by atoms with Crippen LogP contribution in [-0.2, 0) is 26.2 Å². The van der Waals surface area contributed by atoms with E-state index in [-0.39, 0.29) is 29.8 Å². The fourth-order valence-electron chi connectivity index (χ4n) is 3.51. The Kier molecular flexibility index (Phi) is 10.2. The lowest BCUT2D eigenvalue weighted by Gasteiger charge is -2.32. The first-order chi connectivity index (χ1) is 16.9. The zero-order chi connectivity index (χ0) is 27.0. The van der Waals surface area contributed by atoms with Gasteiger partial charge in [-0.2, -0.15) is 0 Å². The van der Waals surface area contributed by atoms with Crippen LogP contribution in [0, 0.1) is 12.8 Å². The lowest BCUT2D eigenvalue weighted by Crippen LogP contribution is -2.51. The first-order valence-electron chi connectivity index (χ1n) is 11.7. The summed E-state index contributed by atoms with van der Waals surface area (Å²) in [5.74, 6) is 0.0717. The number of nitrogens with zero attached hydrogens (tertiary/aromatic N) is 2. The fourth-order valence-corrected chi connectivity index (χ4v) is 4.36. The maximum Gasteiger partial charge on any atom is 0.244 e. The number of rotatable bonds is 12. The number of aryl methyl sites for hydroxylation is 1. The van der Waals surface area contributed by atoms with Crippen molar-refractivity contribution >= 4 is 27.5 Å². The van der Waals surface area contributed by atoms with Crippen molar-refractivity contribution in [2.45, 2.75) is 40.3 Å². The first kappa shape index (κ1) is 29.0. The van der Waals surface area contributed by atoms with E-state index >= 15 is 0 Å². The third-order valence-electron chi connectivity index (χ3n) is 5.66. The molecule has 0 aliphatic rings. The number of sulfonamides is 1. The van der Waals surface area contributed by atoms with Crippen LogP contribution in [0.2, 0.25) is 0 Å². The molecule has 10 heteroatoms. The van der Waals surface area contributed by atoms with Gasteiger partial charge in [-0.25, -0.2) is 8.42 Å². The van der Waals surface area contributed by atoms with Gasteiger partial charge in [0.05, 0.1) is 26.2 Å². The number of anilines is 1. The molecule has 36 heavy (non-hydrogen) atoms. The van der Waals surface area contributed by atoms with Crippen molar-refractivity contribution in [2.24, 2.45) is 5.92 Å². The Morgan fingerprint density at radius 2 is 1.64 bits per heavy atom. The summed E-state index contributed by atoms with van der Waals surface area (Å²) < 4.78 is 37.2. The molecule has 198 valence electrons. The van der Waals surface area contributed by atoms with Crippen LogP contribution in [0.25, 0.3) is 0 Å². The van der Waals surface area contributed by atoms with Gasteiger partial charge in [-0.3, -0.25) is 13.9 Å². The topological polar surface area (TPSA) is 105 Å². The number of nitrogens with one attached hydrogen (secondary N) is 1. The van der Waals surface area contributed by atoms with E-state index in [4.69, 9.17) is 9.47 Å². The summed E-state index contributed by atoms with van der Waals surface area (Å²) in [6.45, 7) is 7.64. The molecule has 2 aromatic rings. The zero-order valence-corrected chi connectivity index (χ0v) is 22.9. The second kappa shape index (κ2) is 12.6. The van der Waals surface area contributed by atoms with E-state index < -0.39 is 28.5 Å². The molecule has 0 spiro atoms. The van der Waals surface area contributed by atoms with Crippen LogP contribution in [0.15, 0.2) is 42.5 Å². The van der Waals surface area contributed by atoms with Gasteiger partial charge in [-0.1, -0.05) is 43.7 Å². The summed E-state index contributed by atoms with van der Waals surface area (Å²) in [5.41, 5.74) is 2.05. The third kappa shape index (κ3) is 7.87. The van der Waals surface area contributed by atoms with Crippen molar-refractivity contribution in [1.29, 1.82) is 0 Å². The summed E-state index contributed by atoms with van der Waals surface area (Å²) in [7, 11) is -1.02. The van der Waals surface area contributed by atoms with E-state index in [1.807, 2.05) is 45.0 Å². The summed E-state index contributed by atoms with van der Waals surface area (Å²) in [4.78, 5) is 27.9. The molecule has 9 nitrogen and oxygen atoms in total. The van der Waals surface area contributed by atoms with Crippen LogP contribution in [-0.4, -0.2) is 64.7 Å². The molecule has 1 N–H and O–H groups in total. The summed E-state index contributed by atoms with van der Waals surface area (Å²) >= 11 is 0. The predicted molar refractivity (Wildman–Crippen MR) is 141 cm³/mol. The van der Waals surface area contributed by atoms with Crippen molar-refractivity contribution in [2.75, 3.05) is 37.9 Å². The number of amides is 2. The number of methoxy groups -OCH3 is 2. The van der Waals surface area contributed by atoms with Crippen LogP contribution in [0.1, 0.15) is 31.9 Å². The molecule has 2 rings (SSSR count). The molecule has 0 aromatic heterocycles. The largest absolute Gasteiger partial charge is 0.497 e. The molecule has 0 aliphatic heterocycles. The lowest BCUT2D eigenvalue weighted by molar-refractivity contribution is -0.139. The summed E-state index contributed by atoms with van der Waals surface area (Å²) in [6.07, 6.45) is 1.02. The van der Waals surface area contributed by atoms with Crippen LogP contribution >= 0.6 is 0 Å². The Morgan fingerprint density at radius 3 is 2.17 bits per heavy atom. The Morgan fingerprint density at radius 1 is 1.00 bits per heavy atom. The minimum atomic E-state index is -3.90. The van der Waals surface area contributed by atoms with Gasteiger partial charge in [0, 0.05) is 19.2 Å². The van der Waals surface area contributed by atoms with E-state index in [0.717, 1.165) is 21.7 Å². The van der Waals surface area contributed by atoms with E-state index in [1.165, 1.54) is 25.2 Å². The van der Waals surface area contributed by atoms with E-state index in [9.17, 15) is 18.0 Å². The Balaban J connectivity index is 2.45. The molecule has 0 heterocycles. The van der Waals surface area contributed by atoms with Gasteiger partial charge in [-0.15, -0.1) is 0 Å². The average molecular weight is 520 g/mol. The van der Waals surface area contributed by atoms with Crippen molar-refractivity contribution < 1.29 is 27.5 Å². The van der Waals surface area contributed by atoms with Gasteiger partial charge < -0.3 is 19.7 Å². The van der Waals surface area contributed by atoms with E-state index in [0.29, 0.717) is 12.3 Å². The normalized spacial score (nSPS) is 12.1. The van der Waals surface area contributed by atoms with Crippen LogP contribution < -0.4 is 19.1 Å². The standard InChI is InChI=1S/C26H37N3O6S/c1-18(2)15-27-26(31)20(4)28(16-21-10-8-19(3)9-11-21)25(30)17-29(36(7,32)33)23-14-22(34-5)12-13-24(23)35-6/h8-14,18,20H,15-17H2,1-7H3,(H,27,31). The maximum atomic E-state index is 13.7. The average Bonchev–Trinajstić information content (AvgIpc) is 2.83. The SMILES string of the molecule is COc1ccc(OC)c(N(CC(=O)N(Cc2ccc(C)cc2)C(C)C(=O)NCC(C)C)S(C)(=O)=O)c1. The molecule has 1 atom stereocenters. The maximum absolute atomic E-state index is 13.7. The Bertz CT molecular complexity index is 1150. The van der Waals surface area contributed by atoms with Crippen molar-refractivity contribution in [3.63, 3.8) is 0 Å². The quantitative estimate of drug-likeness (QED) is 0.462. The van der Waals surface area contributed by atoms with Crippen LogP contribution in [0.3, 0.4) is 0 Å². The van der Waals surface area contributed by atoms with Crippen molar-refractivity contribution in [1.82, 2.24) is 10.2 Å². The highest BCUT2D eigenvalue weighted by Gasteiger charge is 2.31. The molecule has 0 saturated heterocycles. The molecular weight excluding hydrogens is 482 g/mol. The molecule has 0 radical (unpaired) electrons. The number of carbonyl (C=O) groups excluding carboxylic acids is 2. The van der Waals surface area contributed by atoms with Gasteiger partial charge in [0.1, 0.15) is 24.1 Å². The second-order valence-electron chi connectivity index (χ2n) is 9.13. The molecule has 1 unspecified atom stereocenters. The number of ether oxygens (including phenoxy) is 2. The molecule has 0 saturated carbocycles. The fraction of sp³-hybridized carbons (Fsp3) is 0.462. The summed E-state index contributed by atoms with van der Waals surface area (Å²) in [5, 5.41) is 2.86. The van der Waals surface area contributed by atoms with Gasteiger partial charge >= 0.3 is 0 Å². The number of benzene rings is 2. The highest BCUT2D eigenvalue weighted by molar-refractivity contribution is 7.92. The monoisotopic (exact) mass is 519 g/mol. The molecule has 2 aromatic carbocycles. The van der Waals surface area contributed by atoms with Gasteiger partial charge in [0.25, 0.3) is 0 Å². The van der Waals surface area contributed by atoms with Gasteiger partial charge in [-0.05, 0) is 37.5 Å². The van der Waals surface area contributed by atoms with Crippen molar-refractivity contribution in [3.05, 3.63) is 53.6 Å². The minimum absolute atomic E-state index is 0.141. The van der Waals surface area contributed by atoms with Crippen molar-refractivity contribution in [3.8, 4) is 11.5 Å². The lowest BCUT2D eigenvalue weighted by atomic mass is 10.1. The number of hydrogen-bond acceptors (Lipinski definition) is 6. The summed E-state index contributed by atoms with van der Waals surface area (Å²) in [6, 6.07) is 11.5. The molecule has 0 fully saturated rings. The highest BCUT2D eigenvalue weighted by Crippen LogP contribution is 2.34.